The number of benzene rings is 2. The summed E-state index contributed by atoms with van der Waals surface area (Å²) < 4.78 is 11.3. The molecule has 1 aromatic heterocycles. The molecule has 1 heterocycles. The van der Waals surface area contributed by atoms with Crippen LogP contribution in [0.3, 0.4) is 0 Å². The van der Waals surface area contributed by atoms with Gasteiger partial charge in [0.2, 0.25) is 0 Å². The van der Waals surface area contributed by atoms with Gasteiger partial charge in [-0.1, -0.05) is 36.4 Å². The molecule has 0 spiro atoms. The summed E-state index contributed by atoms with van der Waals surface area (Å²) in [5, 5.41) is 9.99. The Labute approximate surface area is 111 Å². The van der Waals surface area contributed by atoms with Crippen LogP contribution in [0.5, 0.6) is 5.75 Å². The summed E-state index contributed by atoms with van der Waals surface area (Å²) in [6, 6.07) is 17.5. The minimum Gasteiger partial charge on any atom is -0.488 e. The highest BCUT2D eigenvalue weighted by molar-refractivity contribution is 5.84. The molecule has 0 aliphatic rings. The first kappa shape index (κ1) is 11.8. The first-order valence-corrected chi connectivity index (χ1v) is 6.16. The van der Waals surface area contributed by atoms with Crippen LogP contribution in [0.25, 0.3) is 11.0 Å². The minimum atomic E-state index is -0.104. The summed E-state index contributed by atoms with van der Waals surface area (Å²) in [6.07, 6.45) is 0. The Hall–Kier alpha value is -2.26. The standard InChI is InChI=1S/C16H14O3/c17-10-13-9-14-15(7-4-8-16(14)19-13)18-11-12-5-2-1-3-6-12/h1-9,17H,10-11H2. The van der Waals surface area contributed by atoms with Gasteiger partial charge in [-0.3, -0.25) is 0 Å². The fourth-order valence-corrected chi connectivity index (χ4v) is 2.03. The average molecular weight is 254 g/mol. The van der Waals surface area contributed by atoms with E-state index < -0.39 is 0 Å². The van der Waals surface area contributed by atoms with Crippen molar-refractivity contribution in [3.05, 3.63) is 65.9 Å². The molecule has 0 aliphatic heterocycles. The van der Waals surface area contributed by atoms with Gasteiger partial charge in [-0.2, -0.15) is 0 Å². The number of hydrogen-bond acceptors (Lipinski definition) is 3. The molecule has 0 fully saturated rings. The Balaban J connectivity index is 1.86. The predicted octanol–water partition coefficient (Wildman–Crippen LogP) is 3.50. The maximum atomic E-state index is 9.10. The molecule has 3 aromatic rings. The van der Waals surface area contributed by atoms with Gasteiger partial charge in [0.05, 0.1) is 5.39 Å². The lowest BCUT2D eigenvalue weighted by Gasteiger charge is -2.06. The van der Waals surface area contributed by atoms with E-state index in [0.717, 1.165) is 22.3 Å². The Morgan fingerprint density at radius 3 is 2.63 bits per heavy atom. The van der Waals surface area contributed by atoms with Gasteiger partial charge in [-0.15, -0.1) is 0 Å². The molecule has 0 amide bonds. The summed E-state index contributed by atoms with van der Waals surface area (Å²) in [5.74, 6) is 1.32. The second kappa shape index (κ2) is 5.16. The zero-order valence-electron chi connectivity index (χ0n) is 10.4. The van der Waals surface area contributed by atoms with Crippen LogP contribution in [0.1, 0.15) is 11.3 Å². The van der Waals surface area contributed by atoms with Crippen molar-refractivity contribution in [2.45, 2.75) is 13.2 Å². The summed E-state index contributed by atoms with van der Waals surface area (Å²) in [6.45, 7) is 0.409. The largest absolute Gasteiger partial charge is 0.488 e. The molecule has 3 rings (SSSR count). The average Bonchev–Trinajstić information content (AvgIpc) is 2.90. The van der Waals surface area contributed by atoms with Gasteiger partial charge in [0, 0.05) is 0 Å². The third kappa shape index (κ3) is 2.46. The molecule has 19 heavy (non-hydrogen) atoms. The van der Waals surface area contributed by atoms with E-state index in [1.54, 1.807) is 0 Å². The number of aliphatic hydroxyl groups is 1. The molecule has 0 radical (unpaired) electrons. The first-order valence-electron chi connectivity index (χ1n) is 6.16. The minimum absolute atomic E-state index is 0.104. The highest BCUT2D eigenvalue weighted by atomic mass is 16.5. The van der Waals surface area contributed by atoms with Crippen molar-refractivity contribution in [1.82, 2.24) is 0 Å². The highest BCUT2D eigenvalue weighted by Crippen LogP contribution is 2.29. The SMILES string of the molecule is OCc1cc2c(OCc3ccccc3)cccc2o1. The van der Waals surface area contributed by atoms with E-state index in [2.05, 4.69) is 0 Å². The quantitative estimate of drug-likeness (QED) is 0.774. The van der Waals surface area contributed by atoms with Crippen molar-refractivity contribution in [2.24, 2.45) is 0 Å². The summed E-state index contributed by atoms with van der Waals surface area (Å²) in [5.41, 5.74) is 1.85. The first-order chi connectivity index (χ1) is 9.36. The van der Waals surface area contributed by atoms with Gasteiger partial charge >= 0.3 is 0 Å². The van der Waals surface area contributed by atoms with Crippen LogP contribution in [-0.4, -0.2) is 5.11 Å². The van der Waals surface area contributed by atoms with Gasteiger partial charge in [-0.25, -0.2) is 0 Å². The van der Waals surface area contributed by atoms with Gasteiger partial charge in [0.1, 0.15) is 30.3 Å². The van der Waals surface area contributed by atoms with Crippen LogP contribution in [0.15, 0.2) is 59.0 Å². The molecular weight excluding hydrogens is 240 g/mol. The molecule has 0 bridgehead atoms. The van der Waals surface area contributed by atoms with Crippen LogP contribution in [0, 0.1) is 0 Å². The van der Waals surface area contributed by atoms with Crippen molar-refractivity contribution < 1.29 is 14.3 Å². The number of rotatable bonds is 4. The maximum Gasteiger partial charge on any atom is 0.138 e. The Morgan fingerprint density at radius 1 is 1.00 bits per heavy atom. The number of aliphatic hydroxyl groups excluding tert-OH is 1. The monoisotopic (exact) mass is 254 g/mol. The number of fused-ring (bicyclic) bond motifs is 1. The van der Waals surface area contributed by atoms with E-state index in [4.69, 9.17) is 14.3 Å². The van der Waals surface area contributed by atoms with E-state index >= 15 is 0 Å². The molecule has 0 atom stereocenters. The normalized spacial score (nSPS) is 10.8. The smallest absolute Gasteiger partial charge is 0.138 e. The summed E-state index contributed by atoms with van der Waals surface area (Å²) in [7, 11) is 0. The molecular formula is C16H14O3. The lowest BCUT2D eigenvalue weighted by Crippen LogP contribution is -1.94. The van der Waals surface area contributed by atoms with Gasteiger partial charge in [0.25, 0.3) is 0 Å². The van der Waals surface area contributed by atoms with Crippen molar-refractivity contribution in [1.29, 1.82) is 0 Å². The lowest BCUT2D eigenvalue weighted by molar-refractivity contribution is 0.251. The summed E-state index contributed by atoms with van der Waals surface area (Å²) in [4.78, 5) is 0. The highest BCUT2D eigenvalue weighted by Gasteiger charge is 2.08. The molecule has 0 saturated carbocycles. The fourth-order valence-electron chi connectivity index (χ4n) is 2.03. The predicted molar refractivity (Wildman–Crippen MR) is 72.9 cm³/mol. The van der Waals surface area contributed by atoms with E-state index in [-0.39, 0.29) is 6.61 Å². The number of ether oxygens (including phenoxy) is 1. The molecule has 0 unspecified atom stereocenters. The second-order valence-corrected chi connectivity index (χ2v) is 4.31. The molecule has 1 N–H and O–H groups in total. The van der Waals surface area contributed by atoms with Crippen molar-refractivity contribution >= 4 is 11.0 Å². The second-order valence-electron chi connectivity index (χ2n) is 4.31. The molecule has 3 heteroatoms. The number of furan rings is 1. The Kier molecular flexibility index (Phi) is 3.21. The van der Waals surface area contributed by atoms with Crippen molar-refractivity contribution in [3.63, 3.8) is 0 Å². The summed E-state index contributed by atoms with van der Waals surface area (Å²) >= 11 is 0. The fraction of sp³-hybridized carbons (Fsp3) is 0.125. The van der Waals surface area contributed by atoms with E-state index in [1.165, 1.54) is 0 Å². The zero-order valence-corrected chi connectivity index (χ0v) is 10.4. The van der Waals surface area contributed by atoms with Gasteiger partial charge in [0.15, 0.2) is 0 Å². The van der Waals surface area contributed by atoms with Crippen molar-refractivity contribution in [3.8, 4) is 5.75 Å². The van der Waals surface area contributed by atoms with Gasteiger partial charge < -0.3 is 14.3 Å². The lowest BCUT2D eigenvalue weighted by atomic mass is 10.2. The Bertz CT molecular complexity index is 671. The number of hydrogen-bond donors (Lipinski definition) is 1. The van der Waals surface area contributed by atoms with Crippen LogP contribution < -0.4 is 4.74 Å². The van der Waals surface area contributed by atoms with Crippen LogP contribution in [0.2, 0.25) is 0 Å². The molecule has 0 aliphatic carbocycles. The molecule has 96 valence electrons. The maximum absolute atomic E-state index is 9.10. The van der Waals surface area contributed by atoms with E-state index in [1.807, 2.05) is 54.6 Å². The topological polar surface area (TPSA) is 42.6 Å². The molecule has 3 nitrogen and oxygen atoms in total. The third-order valence-electron chi connectivity index (χ3n) is 2.97. The van der Waals surface area contributed by atoms with Crippen LogP contribution in [0.4, 0.5) is 0 Å². The van der Waals surface area contributed by atoms with E-state index in [0.29, 0.717) is 12.4 Å². The van der Waals surface area contributed by atoms with Crippen LogP contribution in [-0.2, 0) is 13.2 Å². The third-order valence-corrected chi connectivity index (χ3v) is 2.97. The Morgan fingerprint density at radius 2 is 1.84 bits per heavy atom. The van der Waals surface area contributed by atoms with Crippen molar-refractivity contribution in [2.75, 3.05) is 0 Å². The van der Waals surface area contributed by atoms with Gasteiger partial charge in [-0.05, 0) is 23.8 Å². The zero-order chi connectivity index (χ0) is 13.1. The van der Waals surface area contributed by atoms with E-state index in [9.17, 15) is 0 Å². The van der Waals surface area contributed by atoms with Crippen LogP contribution >= 0.6 is 0 Å². The molecule has 2 aromatic carbocycles. The molecule has 0 saturated heterocycles.